The molecule has 0 radical (unpaired) electrons. The van der Waals surface area contributed by atoms with E-state index in [1.54, 1.807) is 0 Å². The van der Waals surface area contributed by atoms with Crippen molar-refractivity contribution in [3.05, 3.63) is 0 Å². The first kappa shape index (κ1) is 11.1. The molecule has 3 fully saturated rings. The highest BCUT2D eigenvalue weighted by Gasteiger charge is 2.66. The third-order valence-corrected chi connectivity index (χ3v) is 6.37. The second-order valence-corrected chi connectivity index (χ2v) is 7.59. The molecule has 1 nitrogen and oxygen atoms in total. The van der Waals surface area contributed by atoms with E-state index in [4.69, 9.17) is 0 Å². The number of aliphatic hydroxyl groups is 1. The number of rotatable bonds is 0. The maximum absolute atomic E-state index is 10.7. The molecule has 3 aliphatic carbocycles. The van der Waals surface area contributed by atoms with Gasteiger partial charge in [0.1, 0.15) is 0 Å². The van der Waals surface area contributed by atoms with Crippen molar-refractivity contribution < 1.29 is 5.11 Å². The highest BCUT2D eigenvalue weighted by Crippen LogP contribution is 2.71. The first-order valence-corrected chi connectivity index (χ1v) is 7.08. The summed E-state index contributed by atoms with van der Waals surface area (Å²) in [5.41, 5.74) is 0.191. The van der Waals surface area contributed by atoms with E-state index in [2.05, 4.69) is 27.7 Å². The number of hydrogen-bond donors (Lipinski definition) is 1. The van der Waals surface area contributed by atoms with Gasteiger partial charge in [-0.3, -0.25) is 0 Å². The zero-order valence-electron chi connectivity index (χ0n) is 11.2. The quantitative estimate of drug-likeness (QED) is 0.665. The molecule has 3 rings (SSSR count). The predicted molar refractivity (Wildman–Crippen MR) is 66.0 cm³/mol. The van der Waals surface area contributed by atoms with Crippen LogP contribution in [0.25, 0.3) is 0 Å². The van der Waals surface area contributed by atoms with Crippen LogP contribution in [0.4, 0.5) is 0 Å². The van der Waals surface area contributed by atoms with Gasteiger partial charge in [0, 0.05) is 0 Å². The van der Waals surface area contributed by atoms with Gasteiger partial charge in [-0.05, 0) is 61.2 Å². The van der Waals surface area contributed by atoms with Crippen LogP contribution in [0.1, 0.15) is 53.4 Å². The van der Waals surface area contributed by atoms with E-state index in [0.29, 0.717) is 11.3 Å². The van der Waals surface area contributed by atoms with Crippen molar-refractivity contribution in [2.75, 3.05) is 0 Å². The second-order valence-electron chi connectivity index (χ2n) is 7.59. The summed E-state index contributed by atoms with van der Waals surface area (Å²) in [7, 11) is 0. The van der Waals surface area contributed by atoms with Gasteiger partial charge in [0.05, 0.1) is 5.60 Å². The minimum absolute atomic E-state index is 0.376. The van der Waals surface area contributed by atoms with Crippen molar-refractivity contribution in [3.63, 3.8) is 0 Å². The average Bonchev–Trinajstić information content (AvgIpc) is 2.51. The molecule has 0 heterocycles. The summed E-state index contributed by atoms with van der Waals surface area (Å²) in [6, 6.07) is 0. The minimum atomic E-state index is -0.376. The van der Waals surface area contributed by atoms with Crippen molar-refractivity contribution in [2.24, 2.45) is 35.0 Å². The van der Waals surface area contributed by atoms with Crippen LogP contribution in [0.5, 0.6) is 0 Å². The molecule has 3 saturated carbocycles. The van der Waals surface area contributed by atoms with E-state index < -0.39 is 0 Å². The van der Waals surface area contributed by atoms with Gasteiger partial charge in [-0.25, -0.2) is 0 Å². The fourth-order valence-electron chi connectivity index (χ4n) is 5.29. The van der Waals surface area contributed by atoms with E-state index in [1.807, 2.05) is 0 Å². The molecule has 0 saturated heterocycles. The van der Waals surface area contributed by atoms with Crippen LogP contribution in [-0.4, -0.2) is 10.7 Å². The van der Waals surface area contributed by atoms with Crippen LogP contribution < -0.4 is 0 Å². The molecule has 1 heteroatoms. The summed E-state index contributed by atoms with van der Waals surface area (Å²) in [6.45, 7) is 9.41. The molecule has 0 spiro atoms. The van der Waals surface area contributed by atoms with Gasteiger partial charge in [-0.15, -0.1) is 0 Å². The monoisotopic (exact) mass is 222 g/mol. The molecule has 92 valence electrons. The summed E-state index contributed by atoms with van der Waals surface area (Å²) < 4.78 is 0. The lowest BCUT2D eigenvalue weighted by molar-refractivity contribution is -0.0302. The van der Waals surface area contributed by atoms with Crippen molar-refractivity contribution >= 4 is 0 Å². The summed E-state index contributed by atoms with van der Waals surface area (Å²) in [5.74, 6) is 4.03. The Labute approximate surface area is 99.6 Å². The lowest BCUT2D eigenvalue weighted by Crippen LogP contribution is -2.38. The Morgan fingerprint density at radius 1 is 1.00 bits per heavy atom. The lowest BCUT2D eigenvalue weighted by atomic mass is 9.74. The molecular weight excluding hydrogens is 196 g/mol. The van der Waals surface area contributed by atoms with Gasteiger partial charge in [-0.2, -0.15) is 0 Å². The van der Waals surface area contributed by atoms with Crippen LogP contribution in [-0.2, 0) is 0 Å². The van der Waals surface area contributed by atoms with E-state index >= 15 is 0 Å². The van der Waals surface area contributed by atoms with Gasteiger partial charge >= 0.3 is 0 Å². The van der Waals surface area contributed by atoms with E-state index in [9.17, 15) is 5.11 Å². The van der Waals surface area contributed by atoms with Gasteiger partial charge in [0.2, 0.25) is 0 Å². The molecule has 0 aromatic carbocycles. The molecule has 3 aliphatic rings. The van der Waals surface area contributed by atoms with Crippen LogP contribution in [0.15, 0.2) is 0 Å². The SMILES string of the molecule is CC1CCC2C1C1C(CC[C@]2(C)O)C1(C)C. The molecule has 1 N–H and O–H groups in total. The minimum Gasteiger partial charge on any atom is -0.390 e. The Morgan fingerprint density at radius 3 is 2.38 bits per heavy atom. The van der Waals surface area contributed by atoms with Gasteiger partial charge in [0.25, 0.3) is 0 Å². The fourth-order valence-corrected chi connectivity index (χ4v) is 5.29. The molecule has 0 amide bonds. The largest absolute Gasteiger partial charge is 0.390 e. The molecule has 6 atom stereocenters. The fraction of sp³-hybridized carbons (Fsp3) is 1.00. The van der Waals surface area contributed by atoms with Crippen molar-refractivity contribution in [1.82, 2.24) is 0 Å². The summed E-state index contributed by atoms with van der Waals surface area (Å²) in [4.78, 5) is 0. The third-order valence-electron chi connectivity index (χ3n) is 6.37. The van der Waals surface area contributed by atoms with Crippen molar-refractivity contribution in [1.29, 1.82) is 0 Å². The molecule has 0 bridgehead atoms. The molecular formula is C15H26O. The van der Waals surface area contributed by atoms with E-state index in [-0.39, 0.29) is 5.60 Å². The Hall–Kier alpha value is -0.0400. The first-order chi connectivity index (χ1) is 7.36. The maximum atomic E-state index is 10.7. The summed E-state index contributed by atoms with van der Waals surface area (Å²) >= 11 is 0. The lowest BCUT2D eigenvalue weighted by Gasteiger charge is -2.35. The smallest absolute Gasteiger partial charge is 0.0650 e. The highest BCUT2D eigenvalue weighted by molar-refractivity contribution is 5.14. The highest BCUT2D eigenvalue weighted by atomic mass is 16.3. The van der Waals surface area contributed by atoms with Gasteiger partial charge in [-0.1, -0.05) is 27.2 Å². The molecule has 0 aliphatic heterocycles. The first-order valence-electron chi connectivity index (χ1n) is 7.08. The Kier molecular flexibility index (Phi) is 2.11. The summed E-state index contributed by atoms with van der Waals surface area (Å²) in [6.07, 6.45) is 4.89. The molecule has 16 heavy (non-hydrogen) atoms. The number of hydrogen-bond acceptors (Lipinski definition) is 1. The van der Waals surface area contributed by atoms with Crippen LogP contribution in [0.3, 0.4) is 0 Å². The van der Waals surface area contributed by atoms with E-state index in [1.165, 1.54) is 19.3 Å². The Morgan fingerprint density at radius 2 is 1.69 bits per heavy atom. The van der Waals surface area contributed by atoms with Gasteiger partial charge < -0.3 is 5.11 Å². The Bertz CT molecular complexity index is 305. The van der Waals surface area contributed by atoms with Crippen molar-refractivity contribution in [2.45, 2.75) is 59.0 Å². The van der Waals surface area contributed by atoms with Crippen LogP contribution in [0.2, 0.25) is 0 Å². The zero-order chi connectivity index (χ0) is 11.7. The predicted octanol–water partition coefficient (Wildman–Crippen LogP) is 3.47. The van der Waals surface area contributed by atoms with Gasteiger partial charge in [0.15, 0.2) is 0 Å². The normalized spacial score (nSPS) is 58.7. The van der Waals surface area contributed by atoms with Crippen LogP contribution in [0, 0.1) is 35.0 Å². The second kappa shape index (κ2) is 3.04. The zero-order valence-corrected chi connectivity index (χ0v) is 11.2. The maximum Gasteiger partial charge on any atom is 0.0650 e. The molecule has 0 aromatic rings. The topological polar surface area (TPSA) is 20.2 Å². The molecule has 5 unspecified atom stereocenters. The number of fused-ring (bicyclic) bond motifs is 3. The standard InChI is InChI=1S/C15H26O/c1-9-5-6-10-12(9)13-11(14(13,2)3)7-8-15(10,4)16/h9-13,16H,5-8H2,1-4H3/t9?,10?,11?,12?,13?,15-/m0/s1. The molecule has 0 aromatic heterocycles. The van der Waals surface area contributed by atoms with Crippen LogP contribution >= 0.6 is 0 Å². The summed E-state index contributed by atoms with van der Waals surface area (Å²) in [5, 5.41) is 10.7. The van der Waals surface area contributed by atoms with E-state index in [0.717, 1.165) is 30.1 Å². The Balaban J connectivity index is 1.94. The average molecular weight is 222 g/mol. The third kappa shape index (κ3) is 1.27. The van der Waals surface area contributed by atoms with Crippen molar-refractivity contribution in [3.8, 4) is 0 Å².